The maximum absolute atomic E-state index is 10.2. The molecule has 112 valence electrons. The van der Waals surface area contributed by atoms with Crippen LogP contribution in [0.2, 0.25) is 0 Å². The molecule has 0 aliphatic carbocycles. The van der Waals surface area contributed by atoms with Gasteiger partial charge in [0.15, 0.2) is 0 Å². The van der Waals surface area contributed by atoms with Gasteiger partial charge in [-0.2, -0.15) is 0 Å². The van der Waals surface area contributed by atoms with Crippen LogP contribution < -0.4 is 10.5 Å². The molecular weight excluding hydrogens is 282 g/mol. The van der Waals surface area contributed by atoms with Gasteiger partial charge in [0.05, 0.1) is 18.2 Å². The van der Waals surface area contributed by atoms with Crippen LogP contribution >= 0.6 is 0 Å². The number of aromatic carboxylic acids is 1. The highest BCUT2D eigenvalue weighted by atomic mass is 16.5. The van der Waals surface area contributed by atoms with Gasteiger partial charge in [0, 0.05) is 12.4 Å². The molecule has 2 aromatic carbocycles. The number of rotatable bonds is 2. The van der Waals surface area contributed by atoms with Crippen LogP contribution in [0, 0.1) is 0 Å². The van der Waals surface area contributed by atoms with E-state index in [9.17, 15) is 4.79 Å². The highest BCUT2D eigenvalue weighted by Crippen LogP contribution is 2.27. The molecule has 3 rings (SSSR count). The lowest BCUT2D eigenvalue weighted by molar-refractivity contribution is 0.0697. The summed E-state index contributed by atoms with van der Waals surface area (Å²) in [5.74, 6) is -0.247. The van der Waals surface area contributed by atoms with E-state index in [1.54, 1.807) is 55.9 Å². The quantitative estimate of drug-likeness (QED) is 0.705. The molecule has 6 heteroatoms. The largest absolute Gasteiger partial charge is 0.495 e. The predicted molar refractivity (Wildman–Crippen MR) is 83.9 cm³/mol. The topological polar surface area (TPSA) is 98.3 Å². The molecule has 0 amide bonds. The van der Waals surface area contributed by atoms with E-state index >= 15 is 0 Å². The van der Waals surface area contributed by atoms with Gasteiger partial charge >= 0.3 is 5.97 Å². The summed E-state index contributed by atoms with van der Waals surface area (Å²) in [4.78, 5) is 18.4. The first-order chi connectivity index (χ1) is 10.6. The zero-order chi connectivity index (χ0) is 15.9. The first-order valence-corrected chi connectivity index (χ1v) is 6.45. The highest BCUT2D eigenvalue weighted by Gasteiger charge is 2.05. The molecule has 0 spiro atoms. The number of aromatic nitrogens is 2. The summed E-state index contributed by atoms with van der Waals surface area (Å²) < 4.78 is 5.06. The zero-order valence-corrected chi connectivity index (χ0v) is 11.9. The zero-order valence-electron chi connectivity index (χ0n) is 11.9. The van der Waals surface area contributed by atoms with Gasteiger partial charge in [-0.25, -0.2) is 4.79 Å². The van der Waals surface area contributed by atoms with Gasteiger partial charge in [-0.15, -0.1) is 0 Å². The molecule has 0 radical (unpaired) electrons. The monoisotopic (exact) mass is 297 g/mol. The number of hydrogen-bond acceptors (Lipinski definition) is 5. The number of anilines is 1. The van der Waals surface area contributed by atoms with Crippen molar-refractivity contribution in [1.82, 2.24) is 9.97 Å². The summed E-state index contributed by atoms with van der Waals surface area (Å²) in [6.45, 7) is 0. The summed E-state index contributed by atoms with van der Waals surface area (Å²) in [7, 11) is 1.58. The maximum Gasteiger partial charge on any atom is 0.335 e. The first-order valence-electron chi connectivity index (χ1n) is 6.45. The Kier molecular flexibility index (Phi) is 4.87. The van der Waals surface area contributed by atoms with E-state index in [1.165, 1.54) is 0 Å². The third kappa shape index (κ3) is 3.49. The lowest BCUT2D eigenvalue weighted by atomic mass is 10.2. The number of nitrogens with zero attached hydrogens (tertiary/aromatic N) is 2. The van der Waals surface area contributed by atoms with E-state index in [4.69, 9.17) is 15.6 Å². The minimum Gasteiger partial charge on any atom is -0.495 e. The molecule has 0 bridgehead atoms. The van der Waals surface area contributed by atoms with E-state index < -0.39 is 5.97 Å². The normalized spacial score (nSPS) is 9.68. The van der Waals surface area contributed by atoms with Crippen LogP contribution in [0.5, 0.6) is 5.75 Å². The number of ether oxygens (including phenoxy) is 1. The minimum absolute atomic E-state index is 0.331. The van der Waals surface area contributed by atoms with Crippen molar-refractivity contribution in [2.45, 2.75) is 0 Å². The van der Waals surface area contributed by atoms with Crippen molar-refractivity contribution in [2.75, 3.05) is 12.8 Å². The summed E-state index contributed by atoms with van der Waals surface area (Å²) in [6.07, 6.45) is 3.24. The third-order valence-corrected chi connectivity index (χ3v) is 2.88. The number of carbonyl (C=O) groups is 1. The van der Waals surface area contributed by atoms with E-state index in [0.717, 1.165) is 5.52 Å². The van der Waals surface area contributed by atoms with E-state index in [0.29, 0.717) is 22.5 Å². The molecule has 3 aromatic rings. The molecule has 22 heavy (non-hydrogen) atoms. The van der Waals surface area contributed by atoms with Gasteiger partial charge in [0.1, 0.15) is 17.0 Å². The fourth-order valence-corrected chi connectivity index (χ4v) is 1.80. The second kappa shape index (κ2) is 7.03. The van der Waals surface area contributed by atoms with Crippen molar-refractivity contribution in [2.24, 2.45) is 0 Å². The van der Waals surface area contributed by atoms with Crippen LogP contribution in [0.3, 0.4) is 0 Å². The Bertz CT molecular complexity index is 776. The average molecular weight is 297 g/mol. The molecule has 0 aliphatic heterocycles. The SMILES string of the molecule is COc1ccc2nccnc2c1N.O=C(O)c1ccccc1. The number of nitrogen functional groups attached to an aromatic ring is 1. The van der Waals surface area contributed by atoms with Crippen molar-refractivity contribution >= 4 is 22.7 Å². The van der Waals surface area contributed by atoms with Crippen molar-refractivity contribution in [1.29, 1.82) is 0 Å². The van der Waals surface area contributed by atoms with E-state index in [1.807, 2.05) is 6.07 Å². The van der Waals surface area contributed by atoms with Gasteiger partial charge in [0.25, 0.3) is 0 Å². The van der Waals surface area contributed by atoms with Gasteiger partial charge in [-0.3, -0.25) is 9.97 Å². The van der Waals surface area contributed by atoms with Crippen molar-refractivity contribution in [3.8, 4) is 5.75 Å². The van der Waals surface area contributed by atoms with E-state index in [-0.39, 0.29) is 0 Å². The summed E-state index contributed by atoms with van der Waals surface area (Å²) in [6, 6.07) is 11.9. The Labute approximate surface area is 127 Å². The van der Waals surface area contributed by atoms with E-state index in [2.05, 4.69) is 9.97 Å². The van der Waals surface area contributed by atoms with Gasteiger partial charge < -0.3 is 15.6 Å². The Morgan fingerprint density at radius 2 is 1.77 bits per heavy atom. The summed E-state index contributed by atoms with van der Waals surface area (Å²) in [5.41, 5.74) is 8.13. The summed E-state index contributed by atoms with van der Waals surface area (Å²) >= 11 is 0. The number of methoxy groups -OCH3 is 1. The van der Waals surface area contributed by atoms with Crippen molar-refractivity contribution < 1.29 is 14.6 Å². The Balaban J connectivity index is 0.000000172. The molecule has 0 saturated heterocycles. The molecule has 0 atom stereocenters. The fraction of sp³-hybridized carbons (Fsp3) is 0.0625. The highest BCUT2D eigenvalue weighted by molar-refractivity contribution is 5.89. The molecule has 1 aromatic heterocycles. The molecule has 0 aliphatic rings. The number of hydrogen-bond donors (Lipinski definition) is 2. The second-order valence-corrected chi connectivity index (χ2v) is 4.28. The molecule has 3 N–H and O–H groups in total. The van der Waals surface area contributed by atoms with Crippen LogP contribution in [0.15, 0.2) is 54.9 Å². The number of nitrogens with two attached hydrogens (primary N) is 1. The smallest absolute Gasteiger partial charge is 0.335 e. The van der Waals surface area contributed by atoms with Crippen molar-refractivity contribution in [3.05, 3.63) is 60.4 Å². The Hall–Kier alpha value is -3.15. The van der Waals surface area contributed by atoms with Crippen LogP contribution in [0.1, 0.15) is 10.4 Å². The molecule has 0 unspecified atom stereocenters. The van der Waals surface area contributed by atoms with Crippen LogP contribution in [-0.4, -0.2) is 28.2 Å². The number of carboxylic acids is 1. The third-order valence-electron chi connectivity index (χ3n) is 2.88. The van der Waals surface area contributed by atoms with Crippen LogP contribution in [0.4, 0.5) is 5.69 Å². The fourth-order valence-electron chi connectivity index (χ4n) is 1.80. The Morgan fingerprint density at radius 3 is 2.36 bits per heavy atom. The molecular formula is C16H15N3O3. The molecule has 0 saturated carbocycles. The number of benzene rings is 2. The predicted octanol–water partition coefficient (Wildman–Crippen LogP) is 2.61. The van der Waals surface area contributed by atoms with Crippen LogP contribution in [0.25, 0.3) is 11.0 Å². The molecule has 6 nitrogen and oxygen atoms in total. The standard InChI is InChI=1S/C9H9N3O.C7H6O2/c1-13-7-3-2-6-9(8(7)10)12-5-4-11-6;8-7(9)6-4-2-1-3-5-6/h2-5H,10H2,1H3;1-5H,(H,8,9). The van der Waals surface area contributed by atoms with Gasteiger partial charge in [-0.1, -0.05) is 18.2 Å². The minimum atomic E-state index is -0.879. The average Bonchev–Trinajstić information content (AvgIpc) is 2.57. The Morgan fingerprint density at radius 1 is 1.09 bits per heavy atom. The molecule has 0 fully saturated rings. The first kappa shape index (κ1) is 15.2. The lowest BCUT2D eigenvalue weighted by Crippen LogP contribution is -1.95. The number of fused-ring (bicyclic) bond motifs is 1. The van der Waals surface area contributed by atoms with Crippen molar-refractivity contribution in [3.63, 3.8) is 0 Å². The lowest BCUT2D eigenvalue weighted by Gasteiger charge is -2.05. The number of carboxylic acid groups (broad SMARTS) is 1. The summed E-state index contributed by atoms with van der Waals surface area (Å²) in [5, 5.41) is 8.38. The maximum atomic E-state index is 10.2. The van der Waals surface area contributed by atoms with Crippen LogP contribution in [-0.2, 0) is 0 Å². The second-order valence-electron chi connectivity index (χ2n) is 4.28. The van der Waals surface area contributed by atoms with Gasteiger partial charge in [-0.05, 0) is 24.3 Å². The molecule has 1 heterocycles. The van der Waals surface area contributed by atoms with Gasteiger partial charge in [0.2, 0.25) is 0 Å².